The van der Waals surface area contributed by atoms with Crippen LogP contribution >= 0.6 is 11.6 Å². The van der Waals surface area contributed by atoms with Crippen molar-refractivity contribution in [3.63, 3.8) is 0 Å². The first-order chi connectivity index (χ1) is 13.9. The van der Waals surface area contributed by atoms with Gasteiger partial charge in [0.2, 0.25) is 10.0 Å². The van der Waals surface area contributed by atoms with Crippen molar-refractivity contribution in [1.29, 1.82) is 0 Å². The molecule has 2 aromatic carbocycles. The van der Waals surface area contributed by atoms with Crippen molar-refractivity contribution < 1.29 is 22.7 Å². The molecular formula is C20H23ClN2O5S. The maximum atomic E-state index is 12.7. The minimum Gasteiger partial charge on any atom is -0.482 e. The highest BCUT2D eigenvalue weighted by Crippen LogP contribution is 2.28. The molecule has 0 aromatic heterocycles. The van der Waals surface area contributed by atoms with Crippen LogP contribution in [-0.2, 0) is 19.6 Å². The monoisotopic (exact) mass is 438 g/mol. The Morgan fingerprint density at radius 3 is 2.55 bits per heavy atom. The molecule has 156 valence electrons. The summed E-state index contributed by atoms with van der Waals surface area (Å²) < 4.78 is 38.7. The van der Waals surface area contributed by atoms with Gasteiger partial charge >= 0.3 is 0 Å². The summed E-state index contributed by atoms with van der Waals surface area (Å²) in [6, 6.07) is 13.0. The fourth-order valence-electron chi connectivity index (χ4n) is 2.92. The third-order valence-corrected chi connectivity index (χ3v) is 6.39. The average molecular weight is 439 g/mol. The highest BCUT2D eigenvalue weighted by molar-refractivity contribution is 7.89. The molecule has 0 spiro atoms. The van der Waals surface area contributed by atoms with E-state index in [1.807, 2.05) is 30.3 Å². The summed E-state index contributed by atoms with van der Waals surface area (Å²) in [5.41, 5.74) is 0.851. The average Bonchev–Trinajstić information content (AvgIpc) is 2.73. The number of rotatable bonds is 7. The molecule has 0 bridgehead atoms. The molecule has 1 aliphatic rings. The van der Waals surface area contributed by atoms with Crippen LogP contribution in [0.2, 0.25) is 5.02 Å². The van der Waals surface area contributed by atoms with Crippen LogP contribution in [0.1, 0.15) is 18.5 Å². The van der Waals surface area contributed by atoms with Crippen LogP contribution < -0.4 is 9.46 Å². The first kappa shape index (κ1) is 21.6. The highest BCUT2D eigenvalue weighted by Gasteiger charge is 2.21. The molecular weight excluding hydrogens is 416 g/mol. The van der Waals surface area contributed by atoms with Gasteiger partial charge in [-0.3, -0.25) is 4.79 Å². The van der Waals surface area contributed by atoms with E-state index in [1.165, 1.54) is 18.2 Å². The molecule has 0 radical (unpaired) electrons. The number of amides is 1. The number of hydrogen-bond acceptors (Lipinski definition) is 5. The predicted molar refractivity (Wildman–Crippen MR) is 110 cm³/mol. The molecule has 29 heavy (non-hydrogen) atoms. The van der Waals surface area contributed by atoms with E-state index >= 15 is 0 Å². The second-order valence-electron chi connectivity index (χ2n) is 6.63. The zero-order valence-electron chi connectivity index (χ0n) is 16.0. The molecule has 1 atom stereocenters. The molecule has 0 aliphatic carbocycles. The Kier molecular flexibility index (Phi) is 7.13. The number of sulfonamides is 1. The van der Waals surface area contributed by atoms with E-state index in [-0.39, 0.29) is 28.2 Å². The lowest BCUT2D eigenvalue weighted by molar-refractivity contribution is -0.137. The standard InChI is InChI=1S/C20H23ClN2O5S/c1-15(16-5-3-2-4-6-16)22-29(25,26)17-7-8-19(18(21)13-17)28-14-20(24)23-9-11-27-12-10-23/h2-8,13,15,22H,9-12,14H2,1H3/t15-/m0/s1. The molecule has 1 heterocycles. The van der Waals surface area contributed by atoms with Gasteiger partial charge in [0.15, 0.2) is 6.61 Å². The van der Waals surface area contributed by atoms with E-state index < -0.39 is 16.1 Å². The summed E-state index contributed by atoms with van der Waals surface area (Å²) in [6.45, 7) is 3.66. The van der Waals surface area contributed by atoms with Gasteiger partial charge in [0, 0.05) is 19.1 Å². The first-order valence-electron chi connectivity index (χ1n) is 9.22. The number of carbonyl (C=O) groups excluding carboxylic acids is 1. The molecule has 0 unspecified atom stereocenters. The lowest BCUT2D eigenvalue weighted by Gasteiger charge is -2.26. The molecule has 1 amide bonds. The zero-order chi connectivity index (χ0) is 20.9. The zero-order valence-corrected chi connectivity index (χ0v) is 17.6. The van der Waals surface area contributed by atoms with Gasteiger partial charge in [0.1, 0.15) is 5.75 Å². The summed E-state index contributed by atoms with van der Waals surface area (Å²) in [5, 5.41) is 0.120. The van der Waals surface area contributed by atoms with Crippen molar-refractivity contribution in [2.24, 2.45) is 0 Å². The quantitative estimate of drug-likeness (QED) is 0.718. The molecule has 3 rings (SSSR count). The SMILES string of the molecule is C[C@H](NS(=O)(=O)c1ccc(OCC(=O)N2CCOCC2)c(Cl)c1)c1ccccc1. The van der Waals surface area contributed by atoms with E-state index in [0.717, 1.165) is 5.56 Å². The van der Waals surface area contributed by atoms with Gasteiger partial charge in [-0.05, 0) is 30.7 Å². The van der Waals surface area contributed by atoms with E-state index in [1.54, 1.807) is 11.8 Å². The molecule has 2 aromatic rings. The van der Waals surface area contributed by atoms with Crippen LogP contribution in [0.5, 0.6) is 5.75 Å². The van der Waals surface area contributed by atoms with Crippen LogP contribution in [0.25, 0.3) is 0 Å². The van der Waals surface area contributed by atoms with Gasteiger partial charge in [-0.1, -0.05) is 41.9 Å². The summed E-state index contributed by atoms with van der Waals surface area (Å²) in [7, 11) is -3.77. The van der Waals surface area contributed by atoms with Crippen molar-refractivity contribution >= 4 is 27.5 Å². The van der Waals surface area contributed by atoms with Gasteiger partial charge in [0.05, 0.1) is 23.1 Å². The van der Waals surface area contributed by atoms with Crippen LogP contribution in [0.4, 0.5) is 0 Å². The number of halogens is 1. The predicted octanol–water partition coefficient (Wildman–Crippen LogP) is 2.62. The Labute approximate surface area is 175 Å². The number of ether oxygens (including phenoxy) is 2. The Morgan fingerprint density at radius 2 is 1.90 bits per heavy atom. The van der Waals surface area contributed by atoms with Gasteiger partial charge < -0.3 is 14.4 Å². The van der Waals surface area contributed by atoms with E-state index in [0.29, 0.717) is 26.3 Å². The second kappa shape index (κ2) is 9.58. The molecule has 0 saturated carbocycles. The Balaban J connectivity index is 1.64. The van der Waals surface area contributed by atoms with Gasteiger partial charge in [-0.25, -0.2) is 13.1 Å². The number of nitrogens with zero attached hydrogens (tertiary/aromatic N) is 1. The van der Waals surface area contributed by atoms with E-state index in [9.17, 15) is 13.2 Å². The fraction of sp³-hybridized carbons (Fsp3) is 0.350. The largest absolute Gasteiger partial charge is 0.482 e. The summed E-state index contributed by atoms with van der Waals surface area (Å²) in [6.07, 6.45) is 0. The number of carbonyl (C=O) groups is 1. The van der Waals surface area contributed by atoms with Gasteiger partial charge in [-0.15, -0.1) is 0 Å². The number of morpholine rings is 1. The fourth-order valence-corrected chi connectivity index (χ4v) is 4.48. The smallest absolute Gasteiger partial charge is 0.260 e. The van der Waals surface area contributed by atoms with Crippen molar-refractivity contribution in [2.75, 3.05) is 32.9 Å². The minimum atomic E-state index is -3.77. The highest BCUT2D eigenvalue weighted by atomic mass is 35.5. The second-order valence-corrected chi connectivity index (χ2v) is 8.75. The van der Waals surface area contributed by atoms with Crippen LogP contribution in [0.3, 0.4) is 0 Å². The van der Waals surface area contributed by atoms with Crippen molar-refractivity contribution in [3.05, 3.63) is 59.1 Å². The maximum absolute atomic E-state index is 12.7. The number of nitrogens with one attached hydrogen (secondary N) is 1. The minimum absolute atomic E-state index is 0.0251. The van der Waals surface area contributed by atoms with Crippen molar-refractivity contribution in [3.8, 4) is 5.75 Å². The number of hydrogen-bond donors (Lipinski definition) is 1. The first-order valence-corrected chi connectivity index (χ1v) is 11.1. The van der Waals surface area contributed by atoms with Gasteiger partial charge in [-0.2, -0.15) is 0 Å². The molecule has 1 aliphatic heterocycles. The van der Waals surface area contributed by atoms with Crippen LogP contribution in [-0.4, -0.2) is 52.1 Å². The molecule has 1 saturated heterocycles. The maximum Gasteiger partial charge on any atom is 0.260 e. The molecule has 1 N–H and O–H groups in total. The Bertz CT molecular complexity index is 947. The van der Waals surface area contributed by atoms with Crippen molar-refractivity contribution in [2.45, 2.75) is 17.9 Å². The lowest BCUT2D eigenvalue weighted by atomic mass is 10.1. The van der Waals surface area contributed by atoms with Crippen molar-refractivity contribution in [1.82, 2.24) is 9.62 Å². The third kappa shape index (κ3) is 5.70. The molecule has 7 nitrogen and oxygen atoms in total. The summed E-state index contributed by atoms with van der Waals surface area (Å²) >= 11 is 6.20. The van der Waals surface area contributed by atoms with Crippen LogP contribution in [0, 0.1) is 0 Å². The van der Waals surface area contributed by atoms with E-state index in [2.05, 4.69) is 4.72 Å². The van der Waals surface area contributed by atoms with Gasteiger partial charge in [0.25, 0.3) is 5.91 Å². The topological polar surface area (TPSA) is 84.9 Å². The third-order valence-electron chi connectivity index (χ3n) is 4.56. The summed E-state index contributed by atoms with van der Waals surface area (Å²) in [5.74, 6) is 0.0859. The Morgan fingerprint density at radius 1 is 1.21 bits per heavy atom. The van der Waals surface area contributed by atoms with E-state index in [4.69, 9.17) is 21.1 Å². The molecule has 1 fully saturated rings. The number of benzene rings is 2. The Hall–Kier alpha value is -2.13. The summed E-state index contributed by atoms with van der Waals surface area (Å²) in [4.78, 5) is 13.8. The molecule has 9 heteroatoms. The lowest BCUT2D eigenvalue weighted by Crippen LogP contribution is -2.43. The van der Waals surface area contributed by atoms with Crippen LogP contribution in [0.15, 0.2) is 53.4 Å². The normalized spacial score (nSPS) is 15.7.